The van der Waals surface area contributed by atoms with Gasteiger partial charge in [0.1, 0.15) is 0 Å². The molecule has 0 fully saturated rings. The van der Waals surface area contributed by atoms with Crippen LogP contribution < -0.4 is 0 Å². The fourth-order valence-electron chi connectivity index (χ4n) is 3.27. The van der Waals surface area contributed by atoms with E-state index in [1.54, 1.807) is 12.4 Å². The predicted molar refractivity (Wildman–Crippen MR) is 105 cm³/mol. The van der Waals surface area contributed by atoms with Crippen molar-refractivity contribution in [2.45, 2.75) is 13.3 Å². The zero-order chi connectivity index (χ0) is 17.5. The summed E-state index contributed by atoms with van der Waals surface area (Å²) in [5.41, 5.74) is 6.07. The molecule has 0 unspecified atom stereocenters. The minimum absolute atomic E-state index is 0.830. The van der Waals surface area contributed by atoms with Crippen molar-refractivity contribution in [3.8, 4) is 11.8 Å². The topological polar surface area (TPSA) is 51.6 Å². The van der Waals surface area contributed by atoms with E-state index in [2.05, 4.69) is 21.8 Å². The van der Waals surface area contributed by atoms with E-state index < -0.39 is 0 Å². The first-order chi connectivity index (χ1) is 12.8. The second-order valence-electron chi connectivity index (χ2n) is 6.08. The van der Waals surface area contributed by atoms with Crippen LogP contribution >= 0.6 is 0 Å². The summed E-state index contributed by atoms with van der Waals surface area (Å²) in [6, 6.07) is 13.9. The monoisotopic (exact) mass is 334 g/mol. The molecule has 0 N–H and O–H groups in total. The Morgan fingerprint density at radius 2 is 1.42 bits per heavy atom. The molecule has 0 aliphatic carbocycles. The van der Waals surface area contributed by atoms with E-state index in [0.29, 0.717) is 0 Å². The summed E-state index contributed by atoms with van der Waals surface area (Å²) in [5.74, 6) is 6.26. The fourth-order valence-corrected chi connectivity index (χ4v) is 3.27. The molecule has 0 spiro atoms. The third-order valence-electron chi connectivity index (χ3n) is 4.42. The van der Waals surface area contributed by atoms with Crippen LogP contribution in [0.2, 0.25) is 0 Å². The Bertz CT molecular complexity index is 1380. The maximum atomic E-state index is 4.93. The van der Waals surface area contributed by atoms with Gasteiger partial charge in [0.2, 0.25) is 0 Å². The standard InChI is InChI=1S/C22H14N4/c1-2-3-6-14-9-10-17-18(13-14)26-22-16-8-5-12-24-20(16)19-15(21(22)25-17)7-4-11-23-19/h4-5,7-13H,2H2,1H3. The van der Waals surface area contributed by atoms with Crippen LogP contribution in [0, 0.1) is 11.8 Å². The lowest BCUT2D eigenvalue weighted by Crippen LogP contribution is -1.94. The van der Waals surface area contributed by atoms with Crippen molar-refractivity contribution in [2.24, 2.45) is 0 Å². The fraction of sp³-hybridized carbons (Fsp3) is 0.0909. The predicted octanol–water partition coefficient (Wildman–Crippen LogP) is 4.64. The molecule has 3 aromatic heterocycles. The first kappa shape index (κ1) is 14.7. The quantitative estimate of drug-likeness (QED) is 0.235. The van der Waals surface area contributed by atoms with E-state index in [0.717, 1.165) is 55.9 Å². The molecule has 4 nitrogen and oxygen atoms in total. The molecule has 0 amide bonds. The average Bonchev–Trinajstić information content (AvgIpc) is 2.71. The van der Waals surface area contributed by atoms with Gasteiger partial charge in [-0.15, -0.1) is 0 Å². The Labute approximate surface area is 149 Å². The summed E-state index contributed by atoms with van der Waals surface area (Å²) in [6.07, 6.45) is 4.40. The van der Waals surface area contributed by atoms with Crippen molar-refractivity contribution < 1.29 is 0 Å². The number of benzene rings is 2. The van der Waals surface area contributed by atoms with E-state index in [4.69, 9.17) is 9.97 Å². The van der Waals surface area contributed by atoms with Gasteiger partial charge in [0.15, 0.2) is 0 Å². The number of pyridine rings is 2. The number of aromatic nitrogens is 4. The molecule has 0 radical (unpaired) electrons. The Morgan fingerprint density at radius 1 is 0.769 bits per heavy atom. The molecular formula is C22H14N4. The average molecular weight is 334 g/mol. The van der Waals surface area contributed by atoms with Crippen LogP contribution in [0.3, 0.4) is 0 Å². The summed E-state index contributed by atoms with van der Waals surface area (Å²) < 4.78 is 0. The lowest BCUT2D eigenvalue weighted by molar-refractivity contribution is 1.28. The van der Waals surface area contributed by atoms with Gasteiger partial charge in [0.05, 0.1) is 33.1 Å². The Balaban J connectivity index is 1.96. The molecule has 0 bridgehead atoms. The summed E-state index contributed by atoms with van der Waals surface area (Å²) in [6.45, 7) is 2.04. The Hall–Kier alpha value is -3.58. The number of hydrogen-bond donors (Lipinski definition) is 0. The molecule has 0 saturated carbocycles. The molecule has 0 aliphatic rings. The van der Waals surface area contributed by atoms with Crippen molar-refractivity contribution in [3.63, 3.8) is 0 Å². The van der Waals surface area contributed by atoms with Crippen LogP contribution in [0.1, 0.15) is 18.9 Å². The summed E-state index contributed by atoms with van der Waals surface area (Å²) in [4.78, 5) is 18.9. The second-order valence-corrected chi connectivity index (χ2v) is 6.08. The maximum absolute atomic E-state index is 4.93. The van der Waals surface area contributed by atoms with Gasteiger partial charge in [-0.2, -0.15) is 0 Å². The van der Waals surface area contributed by atoms with E-state index in [1.165, 1.54) is 0 Å². The lowest BCUT2D eigenvalue weighted by atomic mass is 10.1. The Morgan fingerprint density at radius 3 is 2.08 bits per heavy atom. The zero-order valence-corrected chi connectivity index (χ0v) is 14.2. The molecule has 2 aromatic carbocycles. The molecule has 0 aliphatic heterocycles. The first-order valence-electron chi connectivity index (χ1n) is 8.57. The number of rotatable bonds is 0. The highest BCUT2D eigenvalue weighted by Gasteiger charge is 2.13. The molecule has 4 heteroatoms. The molecule has 0 atom stereocenters. The van der Waals surface area contributed by atoms with Gasteiger partial charge in [-0.05, 0) is 42.5 Å². The lowest BCUT2D eigenvalue weighted by Gasteiger charge is -2.08. The minimum atomic E-state index is 0.830. The molecule has 26 heavy (non-hydrogen) atoms. The van der Waals surface area contributed by atoms with Crippen molar-refractivity contribution in [3.05, 3.63) is 60.4 Å². The van der Waals surface area contributed by atoms with Crippen LogP contribution in [0.15, 0.2) is 54.9 Å². The highest BCUT2D eigenvalue weighted by molar-refractivity contribution is 6.21. The maximum Gasteiger partial charge on any atom is 0.0996 e. The molecule has 5 rings (SSSR count). The van der Waals surface area contributed by atoms with Gasteiger partial charge >= 0.3 is 0 Å². The highest BCUT2D eigenvalue weighted by Crippen LogP contribution is 2.31. The minimum Gasteiger partial charge on any atom is -0.254 e. The first-order valence-corrected chi connectivity index (χ1v) is 8.57. The van der Waals surface area contributed by atoms with Crippen LogP contribution in [0.5, 0.6) is 0 Å². The molecular weight excluding hydrogens is 320 g/mol. The smallest absolute Gasteiger partial charge is 0.0996 e. The second kappa shape index (κ2) is 5.75. The number of fused-ring (bicyclic) bond motifs is 7. The van der Waals surface area contributed by atoms with Gasteiger partial charge in [0, 0.05) is 35.2 Å². The van der Waals surface area contributed by atoms with E-state index in [-0.39, 0.29) is 0 Å². The number of hydrogen-bond acceptors (Lipinski definition) is 4. The van der Waals surface area contributed by atoms with Gasteiger partial charge in [0.25, 0.3) is 0 Å². The van der Waals surface area contributed by atoms with Gasteiger partial charge < -0.3 is 0 Å². The summed E-state index contributed by atoms with van der Waals surface area (Å²) >= 11 is 0. The van der Waals surface area contributed by atoms with Crippen LogP contribution in [0.4, 0.5) is 0 Å². The molecule has 5 aromatic rings. The van der Waals surface area contributed by atoms with Crippen molar-refractivity contribution in [1.82, 2.24) is 19.9 Å². The van der Waals surface area contributed by atoms with Crippen LogP contribution in [0.25, 0.3) is 43.9 Å². The van der Waals surface area contributed by atoms with E-state index in [9.17, 15) is 0 Å². The molecule has 122 valence electrons. The normalized spacial score (nSPS) is 11.1. The third-order valence-corrected chi connectivity index (χ3v) is 4.42. The van der Waals surface area contributed by atoms with Gasteiger partial charge in [-0.3, -0.25) is 9.97 Å². The SMILES string of the molecule is CCC#Cc1ccc2nc3c4cccnc4c4ncccc4c3nc2c1. The zero-order valence-electron chi connectivity index (χ0n) is 14.2. The third kappa shape index (κ3) is 2.18. The summed E-state index contributed by atoms with van der Waals surface area (Å²) in [7, 11) is 0. The van der Waals surface area contributed by atoms with Gasteiger partial charge in [-0.1, -0.05) is 18.8 Å². The van der Waals surface area contributed by atoms with E-state index in [1.807, 2.05) is 49.4 Å². The largest absolute Gasteiger partial charge is 0.254 e. The van der Waals surface area contributed by atoms with Crippen LogP contribution in [-0.4, -0.2) is 19.9 Å². The number of nitrogens with zero attached hydrogens (tertiary/aromatic N) is 4. The Kier molecular flexibility index (Phi) is 3.26. The molecule has 3 heterocycles. The van der Waals surface area contributed by atoms with Crippen molar-refractivity contribution >= 4 is 43.9 Å². The van der Waals surface area contributed by atoms with Crippen molar-refractivity contribution in [2.75, 3.05) is 0 Å². The van der Waals surface area contributed by atoms with Crippen molar-refractivity contribution in [1.29, 1.82) is 0 Å². The summed E-state index contributed by atoms with van der Waals surface area (Å²) in [5, 5.41) is 1.94. The molecule has 0 saturated heterocycles. The van der Waals surface area contributed by atoms with Gasteiger partial charge in [-0.25, -0.2) is 9.97 Å². The van der Waals surface area contributed by atoms with E-state index >= 15 is 0 Å². The highest BCUT2D eigenvalue weighted by atomic mass is 14.8. The van der Waals surface area contributed by atoms with Crippen LogP contribution in [-0.2, 0) is 0 Å².